The van der Waals surface area contributed by atoms with E-state index in [4.69, 9.17) is 11.0 Å². The Hall–Kier alpha value is -1.76. The number of aromatic nitrogens is 1. The van der Waals surface area contributed by atoms with E-state index >= 15 is 0 Å². The molecule has 1 fully saturated rings. The van der Waals surface area contributed by atoms with Gasteiger partial charge in [-0.15, -0.1) is 0 Å². The van der Waals surface area contributed by atoms with E-state index in [2.05, 4.69) is 16.0 Å². The van der Waals surface area contributed by atoms with Crippen molar-refractivity contribution in [3.05, 3.63) is 18.3 Å². The van der Waals surface area contributed by atoms with Crippen molar-refractivity contribution < 1.29 is 0 Å². The number of hydrogen-bond acceptors (Lipinski definition) is 4. The lowest BCUT2D eigenvalue weighted by Crippen LogP contribution is -2.20. The third-order valence-corrected chi connectivity index (χ3v) is 2.46. The molecule has 0 radical (unpaired) electrons. The summed E-state index contributed by atoms with van der Waals surface area (Å²) in [5.74, 6) is 1.01. The molecule has 0 aliphatic carbocycles. The summed E-state index contributed by atoms with van der Waals surface area (Å²) < 4.78 is 0. The van der Waals surface area contributed by atoms with Crippen LogP contribution in [0.15, 0.2) is 18.3 Å². The molecule has 0 aromatic carbocycles. The Morgan fingerprint density at radius 3 is 3.14 bits per heavy atom. The van der Waals surface area contributed by atoms with Crippen molar-refractivity contribution in [2.45, 2.75) is 6.42 Å². The molecule has 0 amide bonds. The zero-order valence-electron chi connectivity index (χ0n) is 7.85. The van der Waals surface area contributed by atoms with Gasteiger partial charge in [0.05, 0.1) is 12.0 Å². The van der Waals surface area contributed by atoms with Gasteiger partial charge in [-0.25, -0.2) is 4.98 Å². The van der Waals surface area contributed by atoms with Crippen molar-refractivity contribution in [1.82, 2.24) is 4.98 Å². The van der Waals surface area contributed by atoms with Crippen molar-refractivity contribution in [2.75, 3.05) is 23.7 Å². The van der Waals surface area contributed by atoms with E-state index in [1.165, 1.54) is 0 Å². The molecule has 1 atom stereocenters. The van der Waals surface area contributed by atoms with Gasteiger partial charge in [-0.05, 0) is 12.5 Å². The van der Waals surface area contributed by atoms with Gasteiger partial charge in [0.25, 0.3) is 0 Å². The molecule has 1 aliphatic heterocycles. The number of rotatable bonds is 1. The Morgan fingerprint density at radius 2 is 2.50 bits per heavy atom. The highest BCUT2D eigenvalue weighted by molar-refractivity contribution is 5.50. The predicted octanol–water partition coefficient (Wildman–Crippen LogP) is 1.01. The van der Waals surface area contributed by atoms with Gasteiger partial charge in [0.15, 0.2) is 0 Å². The average Bonchev–Trinajstić information content (AvgIpc) is 2.66. The third kappa shape index (κ3) is 1.62. The van der Waals surface area contributed by atoms with E-state index in [0.29, 0.717) is 0 Å². The van der Waals surface area contributed by atoms with Gasteiger partial charge in [-0.1, -0.05) is 0 Å². The Morgan fingerprint density at radius 1 is 1.64 bits per heavy atom. The zero-order valence-corrected chi connectivity index (χ0v) is 7.85. The van der Waals surface area contributed by atoms with Gasteiger partial charge in [-0.2, -0.15) is 5.26 Å². The molecular weight excluding hydrogens is 176 g/mol. The van der Waals surface area contributed by atoms with Crippen LogP contribution in [0.1, 0.15) is 6.42 Å². The van der Waals surface area contributed by atoms with Gasteiger partial charge in [-0.3, -0.25) is 0 Å². The zero-order chi connectivity index (χ0) is 9.97. The first-order valence-electron chi connectivity index (χ1n) is 4.65. The molecule has 1 unspecified atom stereocenters. The summed E-state index contributed by atoms with van der Waals surface area (Å²) in [5, 5.41) is 8.76. The van der Waals surface area contributed by atoms with Crippen LogP contribution in [0.3, 0.4) is 0 Å². The summed E-state index contributed by atoms with van der Waals surface area (Å²) in [4.78, 5) is 6.33. The van der Waals surface area contributed by atoms with E-state index in [1.807, 2.05) is 6.07 Å². The van der Waals surface area contributed by atoms with Crippen LogP contribution in [0, 0.1) is 17.2 Å². The number of pyridine rings is 1. The number of nitrogens with two attached hydrogens (primary N) is 1. The molecule has 0 saturated carbocycles. The highest BCUT2D eigenvalue weighted by Gasteiger charge is 2.22. The minimum Gasteiger partial charge on any atom is -0.399 e. The summed E-state index contributed by atoms with van der Waals surface area (Å²) in [7, 11) is 0. The minimum atomic E-state index is 0.137. The predicted molar refractivity (Wildman–Crippen MR) is 54.6 cm³/mol. The Kier molecular flexibility index (Phi) is 2.23. The maximum absolute atomic E-state index is 8.76. The van der Waals surface area contributed by atoms with Gasteiger partial charge in [0.2, 0.25) is 0 Å². The van der Waals surface area contributed by atoms with Crippen LogP contribution in [-0.2, 0) is 0 Å². The molecule has 4 nitrogen and oxygen atoms in total. The molecule has 2 rings (SSSR count). The normalized spacial score (nSPS) is 20.8. The van der Waals surface area contributed by atoms with Crippen LogP contribution < -0.4 is 10.6 Å². The monoisotopic (exact) mass is 188 g/mol. The molecule has 1 aliphatic rings. The second kappa shape index (κ2) is 3.54. The van der Waals surface area contributed by atoms with Crippen molar-refractivity contribution in [2.24, 2.45) is 5.92 Å². The van der Waals surface area contributed by atoms with Crippen molar-refractivity contribution in [1.29, 1.82) is 5.26 Å². The summed E-state index contributed by atoms with van der Waals surface area (Å²) in [6.07, 6.45) is 2.62. The summed E-state index contributed by atoms with van der Waals surface area (Å²) in [6, 6.07) is 5.89. The SMILES string of the molecule is N#CC1CCN(c2cc(N)ccn2)C1. The van der Waals surface area contributed by atoms with E-state index in [-0.39, 0.29) is 5.92 Å². The first kappa shape index (κ1) is 8.82. The van der Waals surface area contributed by atoms with Crippen LogP contribution in [0.25, 0.3) is 0 Å². The molecule has 1 saturated heterocycles. The molecule has 14 heavy (non-hydrogen) atoms. The topological polar surface area (TPSA) is 65.9 Å². The number of nitrogen functional groups attached to an aromatic ring is 1. The number of anilines is 2. The molecule has 0 spiro atoms. The molecule has 1 aromatic rings. The van der Waals surface area contributed by atoms with Crippen molar-refractivity contribution in [3.63, 3.8) is 0 Å². The van der Waals surface area contributed by atoms with Crippen LogP contribution >= 0.6 is 0 Å². The van der Waals surface area contributed by atoms with Crippen molar-refractivity contribution >= 4 is 11.5 Å². The first-order chi connectivity index (χ1) is 6.79. The third-order valence-electron chi connectivity index (χ3n) is 2.46. The fourth-order valence-electron chi connectivity index (χ4n) is 1.68. The van der Waals surface area contributed by atoms with E-state index in [1.54, 1.807) is 12.3 Å². The van der Waals surface area contributed by atoms with Gasteiger partial charge in [0, 0.05) is 31.0 Å². The average molecular weight is 188 g/mol. The maximum atomic E-state index is 8.76. The van der Waals surface area contributed by atoms with Gasteiger partial charge < -0.3 is 10.6 Å². The van der Waals surface area contributed by atoms with Crippen LogP contribution in [-0.4, -0.2) is 18.1 Å². The summed E-state index contributed by atoms with van der Waals surface area (Å²) >= 11 is 0. The van der Waals surface area contributed by atoms with Crippen molar-refractivity contribution in [3.8, 4) is 6.07 Å². The molecule has 0 bridgehead atoms. The minimum absolute atomic E-state index is 0.137. The molecule has 4 heteroatoms. The summed E-state index contributed by atoms with van der Waals surface area (Å²) in [6.45, 7) is 1.67. The smallest absolute Gasteiger partial charge is 0.130 e. The second-order valence-corrected chi connectivity index (χ2v) is 3.51. The molecule has 72 valence electrons. The number of hydrogen-bond donors (Lipinski definition) is 1. The van der Waals surface area contributed by atoms with Crippen LogP contribution in [0.4, 0.5) is 11.5 Å². The van der Waals surface area contributed by atoms with Gasteiger partial charge in [0.1, 0.15) is 5.82 Å². The quantitative estimate of drug-likeness (QED) is 0.714. The highest BCUT2D eigenvalue weighted by atomic mass is 15.2. The van der Waals surface area contributed by atoms with Gasteiger partial charge >= 0.3 is 0 Å². The van der Waals surface area contributed by atoms with E-state index in [9.17, 15) is 0 Å². The maximum Gasteiger partial charge on any atom is 0.130 e. The fraction of sp³-hybridized carbons (Fsp3) is 0.400. The Balaban J connectivity index is 2.14. The Bertz CT molecular complexity index is 369. The molecule has 2 N–H and O–H groups in total. The van der Waals surface area contributed by atoms with Crippen LogP contribution in [0.2, 0.25) is 0 Å². The fourth-order valence-corrected chi connectivity index (χ4v) is 1.68. The second-order valence-electron chi connectivity index (χ2n) is 3.51. The number of nitrogens with zero attached hydrogens (tertiary/aromatic N) is 3. The van der Waals surface area contributed by atoms with E-state index < -0.39 is 0 Å². The lowest BCUT2D eigenvalue weighted by molar-refractivity contribution is 0.754. The number of nitriles is 1. The lowest BCUT2D eigenvalue weighted by Gasteiger charge is -2.16. The standard InChI is InChI=1S/C10H12N4/c11-6-8-2-4-14(7-8)10-5-9(12)1-3-13-10/h1,3,5,8H,2,4,7H2,(H2,12,13). The molecule has 2 heterocycles. The Labute approximate surface area is 83.0 Å². The van der Waals surface area contributed by atoms with Crippen LogP contribution in [0.5, 0.6) is 0 Å². The first-order valence-corrected chi connectivity index (χ1v) is 4.65. The highest BCUT2D eigenvalue weighted by Crippen LogP contribution is 2.22. The largest absolute Gasteiger partial charge is 0.399 e. The molecule has 1 aromatic heterocycles. The van der Waals surface area contributed by atoms with E-state index in [0.717, 1.165) is 31.0 Å². The molecular formula is C10H12N4. The lowest BCUT2D eigenvalue weighted by atomic mass is 10.1. The summed E-state index contributed by atoms with van der Waals surface area (Å²) in [5.41, 5.74) is 6.38.